The molecular formula is C16H15ClN2O3. The van der Waals surface area contributed by atoms with E-state index < -0.39 is 0 Å². The molecule has 0 fully saturated rings. The van der Waals surface area contributed by atoms with Gasteiger partial charge in [-0.2, -0.15) is 5.10 Å². The molecule has 1 amide bonds. The Labute approximate surface area is 133 Å². The highest BCUT2D eigenvalue weighted by Crippen LogP contribution is 2.22. The van der Waals surface area contributed by atoms with Gasteiger partial charge in [0, 0.05) is 5.02 Å². The summed E-state index contributed by atoms with van der Waals surface area (Å²) in [5, 5.41) is 13.5. The van der Waals surface area contributed by atoms with Crippen molar-refractivity contribution >= 4 is 23.7 Å². The molecule has 0 aliphatic rings. The van der Waals surface area contributed by atoms with Crippen molar-refractivity contribution in [2.75, 3.05) is 7.11 Å². The first-order valence-electron chi connectivity index (χ1n) is 6.52. The normalized spacial score (nSPS) is 10.6. The fraction of sp³-hybridized carbons (Fsp3) is 0.125. The van der Waals surface area contributed by atoms with Crippen molar-refractivity contribution in [1.82, 2.24) is 5.43 Å². The number of rotatable bonds is 5. The number of aromatic hydroxyl groups is 1. The van der Waals surface area contributed by atoms with Crippen molar-refractivity contribution in [2.45, 2.75) is 6.42 Å². The van der Waals surface area contributed by atoms with Crippen LogP contribution in [0.2, 0.25) is 5.02 Å². The standard InChI is InChI=1S/C16H15ClN2O3/c1-22-14-6-7-15(17)12(8-14)9-16(21)19-18-10-11-2-4-13(20)5-3-11/h2-8,10,20H,9H2,1H3,(H,19,21)/b18-10+. The number of phenolic OH excluding ortho intramolecular Hbond substituents is 1. The summed E-state index contributed by atoms with van der Waals surface area (Å²) in [6, 6.07) is 11.6. The van der Waals surface area contributed by atoms with Gasteiger partial charge in [0.25, 0.3) is 0 Å². The van der Waals surface area contributed by atoms with Crippen LogP contribution in [0.25, 0.3) is 0 Å². The highest BCUT2D eigenvalue weighted by atomic mass is 35.5. The summed E-state index contributed by atoms with van der Waals surface area (Å²) < 4.78 is 5.10. The zero-order valence-electron chi connectivity index (χ0n) is 11.9. The fourth-order valence-corrected chi connectivity index (χ4v) is 1.95. The molecule has 2 rings (SSSR count). The van der Waals surface area contributed by atoms with Gasteiger partial charge in [-0.1, -0.05) is 11.6 Å². The lowest BCUT2D eigenvalue weighted by Crippen LogP contribution is -2.20. The Hall–Kier alpha value is -2.53. The van der Waals surface area contributed by atoms with Crippen LogP contribution in [0.1, 0.15) is 11.1 Å². The number of nitrogens with zero attached hydrogens (tertiary/aromatic N) is 1. The van der Waals surface area contributed by atoms with Gasteiger partial charge in [0.1, 0.15) is 11.5 Å². The van der Waals surface area contributed by atoms with Crippen molar-refractivity contribution in [2.24, 2.45) is 5.10 Å². The molecule has 2 aromatic rings. The summed E-state index contributed by atoms with van der Waals surface area (Å²) in [5.74, 6) is 0.527. The molecule has 0 aromatic heterocycles. The lowest BCUT2D eigenvalue weighted by atomic mass is 10.1. The van der Waals surface area contributed by atoms with E-state index in [1.807, 2.05) is 0 Å². The first-order valence-corrected chi connectivity index (χ1v) is 6.89. The molecule has 2 N–H and O–H groups in total. The molecule has 0 heterocycles. The van der Waals surface area contributed by atoms with Crippen LogP contribution in [0, 0.1) is 0 Å². The molecule has 0 saturated carbocycles. The average Bonchev–Trinajstić information content (AvgIpc) is 2.51. The molecule has 0 spiro atoms. The summed E-state index contributed by atoms with van der Waals surface area (Å²) in [4.78, 5) is 11.8. The number of ether oxygens (including phenoxy) is 1. The summed E-state index contributed by atoms with van der Waals surface area (Å²) in [7, 11) is 1.55. The van der Waals surface area contributed by atoms with Crippen LogP contribution >= 0.6 is 11.6 Å². The largest absolute Gasteiger partial charge is 0.508 e. The van der Waals surface area contributed by atoms with E-state index in [-0.39, 0.29) is 18.1 Å². The third kappa shape index (κ3) is 4.49. The lowest BCUT2D eigenvalue weighted by molar-refractivity contribution is -0.120. The Kier molecular flexibility index (Phi) is 5.38. The van der Waals surface area contributed by atoms with Gasteiger partial charge in [-0.15, -0.1) is 0 Å². The number of benzene rings is 2. The second-order valence-corrected chi connectivity index (χ2v) is 4.93. The number of amides is 1. The molecular weight excluding hydrogens is 304 g/mol. The van der Waals surface area contributed by atoms with Crippen molar-refractivity contribution in [1.29, 1.82) is 0 Å². The van der Waals surface area contributed by atoms with Gasteiger partial charge in [0.05, 0.1) is 19.7 Å². The van der Waals surface area contributed by atoms with E-state index in [2.05, 4.69) is 10.5 Å². The molecule has 0 aliphatic carbocycles. The van der Waals surface area contributed by atoms with Crippen LogP contribution in [0.15, 0.2) is 47.6 Å². The molecule has 0 radical (unpaired) electrons. The quantitative estimate of drug-likeness (QED) is 0.658. The van der Waals surface area contributed by atoms with Crippen molar-refractivity contribution < 1.29 is 14.6 Å². The smallest absolute Gasteiger partial charge is 0.244 e. The first kappa shape index (κ1) is 15.9. The van der Waals surface area contributed by atoms with Crippen molar-refractivity contribution in [3.63, 3.8) is 0 Å². The van der Waals surface area contributed by atoms with Gasteiger partial charge in [0.2, 0.25) is 5.91 Å². The molecule has 5 nitrogen and oxygen atoms in total. The van der Waals surface area contributed by atoms with E-state index >= 15 is 0 Å². The van der Waals surface area contributed by atoms with Crippen LogP contribution in [-0.2, 0) is 11.2 Å². The van der Waals surface area contributed by atoms with Gasteiger partial charge < -0.3 is 9.84 Å². The Morgan fingerprint density at radius 3 is 2.73 bits per heavy atom. The summed E-state index contributed by atoms with van der Waals surface area (Å²) in [6.07, 6.45) is 1.59. The van der Waals surface area contributed by atoms with E-state index in [1.54, 1.807) is 49.6 Å². The molecule has 22 heavy (non-hydrogen) atoms. The number of nitrogens with one attached hydrogen (secondary N) is 1. The van der Waals surface area contributed by atoms with Crippen LogP contribution in [-0.4, -0.2) is 24.3 Å². The van der Waals surface area contributed by atoms with Gasteiger partial charge in [-0.05, 0) is 53.6 Å². The van der Waals surface area contributed by atoms with Gasteiger partial charge in [0.15, 0.2) is 0 Å². The highest BCUT2D eigenvalue weighted by Gasteiger charge is 2.07. The topological polar surface area (TPSA) is 70.9 Å². The van der Waals surface area contributed by atoms with Crippen LogP contribution < -0.4 is 10.2 Å². The fourth-order valence-electron chi connectivity index (χ4n) is 1.77. The van der Waals surface area contributed by atoms with E-state index in [0.717, 1.165) is 5.56 Å². The molecule has 0 atom stereocenters. The lowest BCUT2D eigenvalue weighted by Gasteiger charge is -2.06. The average molecular weight is 319 g/mol. The van der Waals surface area contributed by atoms with E-state index in [9.17, 15) is 4.79 Å². The molecule has 2 aromatic carbocycles. The number of hydrogen-bond acceptors (Lipinski definition) is 4. The second kappa shape index (κ2) is 7.47. The molecule has 0 aliphatic heterocycles. The number of hydrazone groups is 1. The summed E-state index contributed by atoms with van der Waals surface area (Å²) in [5.41, 5.74) is 3.85. The molecule has 0 bridgehead atoms. The zero-order valence-corrected chi connectivity index (χ0v) is 12.7. The van der Waals surface area contributed by atoms with Gasteiger partial charge >= 0.3 is 0 Å². The maximum atomic E-state index is 11.8. The molecule has 6 heteroatoms. The predicted molar refractivity (Wildman–Crippen MR) is 85.6 cm³/mol. The molecule has 0 unspecified atom stereocenters. The third-order valence-electron chi connectivity index (χ3n) is 2.90. The number of hydrogen-bond donors (Lipinski definition) is 2. The van der Waals surface area contributed by atoms with E-state index in [1.165, 1.54) is 6.21 Å². The summed E-state index contributed by atoms with van der Waals surface area (Å²) >= 11 is 6.04. The summed E-state index contributed by atoms with van der Waals surface area (Å²) in [6.45, 7) is 0. The second-order valence-electron chi connectivity index (χ2n) is 4.52. The van der Waals surface area contributed by atoms with E-state index in [4.69, 9.17) is 21.4 Å². The van der Waals surface area contributed by atoms with Crippen LogP contribution in [0.5, 0.6) is 11.5 Å². The number of methoxy groups -OCH3 is 1. The maximum Gasteiger partial charge on any atom is 0.244 e. The predicted octanol–water partition coefficient (Wildman–Crippen LogP) is 2.75. The third-order valence-corrected chi connectivity index (χ3v) is 3.27. The van der Waals surface area contributed by atoms with Gasteiger partial charge in [-0.25, -0.2) is 5.43 Å². The minimum absolute atomic E-state index is 0.100. The Bertz CT molecular complexity index is 684. The van der Waals surface area contributed by atoms with Crippen molar-refractivity contribution in [3.8, 4) is 11.5 Å². The monoisotopic (exact) mass is 318 g/mol. The maximum absolute atomic E-state index is 11.8. The van der Waals surface area contributed by atoms with Gasteiger partial charge in [-0.3, -0.25) is 4.79 Å². The number of halogens is 1. The number of phenols is 1. The van der Waals surface area contributed by atoms with Crippen molar-refractivity contribution in [3.05, 3.63) is 58.6 Å². The van der Waals surface area contributed by atoms with Crippen LogP contribution in [0.4, 0.5) is 0 Å². The van der Waals surface area contributed by atoms with E-state index in [0.29, 0.717) is 16.3 Å². The Morgan fingerprint density at radius 1 is 1.32 bits per heavy atom. The number of carbonyl (C=O) groups is 1. The Morgan fingerprint density at radius 2 is 2.05 bits per heavy atom. The highest BCUT2D eigenvalue weighted by molar-refractivity contribution is 6.31. The molecule has 114 valence electrons. The zero-order chi connectivity index (χ0) is 15.9. The number of carbonyl (C=O) groups excluding carboxylic acids is 1. The first-order chi connectivity index (χ1) is 10.6. The minimum Gasteiger partial charge on any atom is -0.508 e. The Balaban J connectivity index is 1.94. The van der Waals surface area contributed by atoms with Crippen LogP contribution in [0.3, 0.4) is 0 Å². The SMILES string of the molecule is COc1ccc(Cl)c(CC(=O)N/N=C/c2ccc(O)cc2)c1. The minimum atomic E-state index is -0.287. The molecule has 0 saturated heterocycles.